The SMILES string of the molecule is COc1c(C(F)(F)F)cc(C(O)C(O)c2cc(C(F)(F)F)c(OC)c(C(F)(F)F)c2)cc1C(F)(F)F. The van der Waals surface area contributed by atoms with Gasteiger partial charge in [0.05, 0.1) is 36.5 Å². The van der Waals surface area contributed by atoms with Gasteiger partial charge < -0.3 is 19.7 Å². The van der Waals surface area contributed by atoms with E-state index in [0.717, 1.165) is 0 Å². The normalized spacial score (nSPS) is 15.0. The topological polar surface area (TPSA) is 58.9 Å². The van der Waals surface area contributed by atoms with E-state index < -0.39 is 81.8 Å². The summed E-state index contributed by atoms with van der Waals surface area (Å²) >= 11 is 0. The van der Waals surface area contributed by atoms with Crippen LogP contribution < -0.4 is 9.47 Å². The molecule has 0 heterocycles. The first-order chi connectivity index (χ1) is 16.1. The predicted molar refractivity (Wildman–Crippen MR) is 95.9 cm³/mol. The van der Waals surface area contributed by atoms with E-state index in [2.05, 4.69) is 9.47 Å². The molecule has 2 N–H and O–H groups in total. The highest BCUT2D eigenvalue weighted by Crippen LogP contribution is 2.49. The molecule has 0 spiro atoms. The van der Waals surface area contributed by atoms with Gasteiger partial charge in [-0.25, -0.2) is 0 Å². The lowest BCUT2D eigenvalue weighted by atomic mass is 9.92. The molecule has 0 amide bonds. The van der Waals surface area contributed by atoms with Crippen molar-refractivity contribution in [1.82, 2.24) is 0 Å². The standard InChI is InChI=1S/C20H14F12O4/c1-35-15-9(17(21,22)23)3-7(4-10(15)18(24,25)26)13(33)14(34)8-5-11(19(27,28)29)16(36-2)12(6-8)20(30,31)32/h3-6,13-14,33-34H,1-2H3. The minimum atomic E-state index is -5.50. The third kappa shape index (κ3) is 5.91. The van der Waals surface area contributed by atoms with Crippen LogP contribution in [0.3, 0.4) is 0 Å². The number of aliphatic hydroxyl groups is 2. The zero-order valence-electron chi connectivity index (χ0n) is 17.7. The molecule has 2 atom stereocenters. The Kier molecular flexibility index (Phi) is 7.77. The molecular formula is C20H14F12O4. The smallest absolute Gasteiger partial charge is 0.419 e. The van der Waals surface area contributed by atoms with Crippen LogP contribution in [-0.2, 0) is 24.7 Å². The molecule has 0 saturated carbocycles. The van der Waals surface area contributed by atoms with Gasteiger partial charge in [0.2, 0.25) is 0 Å². The van der Waals surface area contributed by atoms with Crippen LogP contribution in [0.25, 0.3) is 0 Å². The molecule has 0 aromatic heterocycles. The molecule has 2 aromatic carbocycles. The second-order valence-corrected chi connectivity index (χ2v) is 7.18. The molecule has 16 heteroatoms. The molecule has 202 valence electrons. The summed E-state index contributed by atoms with van der Waals surface area (Å²) in [4.78, 5) is 0. The first kappa shape index (κ1) is 29.4. The van der Waals surface area contributed by atoms with E-state index in [1.165, 1.54) is 0 Å². The second-order valence-electron chi connectivity index (χ2n) is 7.18. The van der Waals surface area contributed by atoms with E-state index in [4.69, 9.17) is 0 Å². The number of benzene rings is 2. The molecule has 0 bridgehead atoms. The Morgan fingerprint density at radius 1 is 0.500 bits per heavy atom. The molecule has 0 radical (unpaired) electrons. The van der Waals surface area contributed by atoms with Gasteiger partial charge in [0.25, 0.3) is 0 Å². The minimum Gasteiger partial charge on any atom is -0.495 e. The van der Waals surface area contributed by atoms with E-state index >= 15 is 0 Å². The van der Waals surface area contributed by atoms with Gasteiger partial charge in [-0.05, 0) is 35.4 Å². The molecule has 2 rings (SSSR count). The monoisotopic (exact) mass is 546 g/mol. The van der Waals surface area contributed by atoms with E-state index in [-0.39, 0.29) is 24.3 Å². The van der Waals surface area contributed by atoms with Gasteiger partial charge in [0.1, 0.15) is 23.7 Å². The fourth-order valence-corrected chi connectivity index (χ4v) is 3.29. The molecular weight excluding hydrogens is 532 g/mol. The maximum Gasteiger partial charge on any atom is 0.419 e. The fraction of sp³-hybridized carbons (Fsp3) is 0.400. The van der Waals surface area contributed by atoms with Crippen molar-refractivity contribution in [2.45, 2.75) is 36.9 Å². The van der Waals surface area contributed by atoms with E-state index in [9.17, 15) is 62.9 Å². The van der Waals surface area contributed by atoms with Crippen LogP contribution in [0.15, 0.2) is 24.3 Å². The number of hydrogen-bond acceptors (Lipinski definition) is 4. The van der Waals surface area contributed by atoms with E-state index in [1.807, 2.05) is 0 Å². The summed E-state index contributed by atoms with van der Waals surface area (Å²) in [7, 11) is 0.971. The van der Waals surface area contributed by atoms with Gasteiger partial charge >= 0.3 is 24.7 Å². The van der Waals surface area contributed by atoms with Crippen LogP contribution in [0.4, 0.5) is 52.7 Å². The van der Waals surface area contributed by atoms with Crippen molar-refractivity contribution >= 4 is 0 Å². The van der Waals surface area contributed by atoms with Gasteiger partial charge in [0.15, 0.2) is 0 Å². The van der Waals surface area contributed by atoms with Crippen LogP contribution in [0.1, 0.15) is 45.6 Å². The molecule has 0 saturated heterocycles. The van der Waals surface area contributed by atoms with Crippen molar-refractivity contribution in [3.8, 4) is 11.5 Å². The molecule has 2 unspecified atom stereocenters. The second kappa shape index (κ2) is 9.53. The third-order valence-electron chi connectivity index (χ3n) is 4.83. The average Bonchev–Trinajstić information content (AvgIpc) is 2.73. The first-order valence-electron chi connectivity index (χ1n) is 9.23. The zero-order chi connectivity index (χ0) is 28.0. The zero-order valence-corrected chi connectivity index (χ0v) is 17.7. The molecule has 2 aromatic rings. The summed E-state index contributed by atoms with van der Waals surface area (Å²) in [5.41, 5.74) is -10.9. The largest absolute Gasteiger partial charge is 0.495 e. The lowest BCUT2D eigenvalue weighted by Gasteiger charge is -2.25. The number of alkyl halides is 12. The number of hydrogen-bond donors (Lipinski definition) is 2. The summed E-state index contributed by atoms with van der Waals surface area (Å²) in [6, 6.07) is -0.330. The maximum absolute atomic E-state index is 13.4. The van der Waals surface area contributed by atoms with Crippen LogP contribution >= 0.6 is 0 Å². The van der Waals surface area contributed by atoms with Crippen molar-refractivity contribution in [1.29, 1.82) is 0 Å². The summed E-state index contributed by atoms with van der Waals surface area (Å²) in [5.74, 6) is -3.41. The summed E-state index contributed by atoms with van der Waals surface area (Å²) in [6.07, 6.45) is -27.7. The average molecular weight is 546 g/mol. The van der Waals surface area contributed by atoms with Crippen molar-refractivity contribution in [2.24, 2.45) is 0 Å². The predicted octanol–water partition coefficient (Wildman–Crippen LogP) is 6.55. The van der Waals surface area contributed by atoms with Crippen LogP contribution in [0.5, 0.6) is 11.5 Å². The van der Waals surface area contributed by atoms with E-state index in [0.29, 0.717) is 14.2 Å². The Morgan fingerprint density at radius 2 is 0.694 bits per heavy atom. The summed E-state index contributed by atoms with van der Waals surface area (Å²) < 4.78 is 169. The lowest BCUT2D eigenvalue weighted by molar-refractivity contribution is -0.147. The minimum absolute atomic E-state index is 0.0825. The number of aliphatic hydroxyl groups excluding tert-OH is 2. The first-order valence-corrected chi connectivity index (χ1v) is 9.23. The van der Waals surface area contributed by atoms with Crippen LogP contribution in [0.2, 0.25) is 0 Å². The van der Waals surface area contributed by atoms with Gasteiger partial charge in [-0.3, -0.25) is 0 Å². The summed E-state index contributed by atoms with van der Waals surface area (Å²) in [6.45, 7) is 0. The van der Waals surface area contributed by atoms with Gasteiger partial charge in [-0.2, -0.15) is 52.7 Å². The van der Waals surface area contributed by atoms with Crippen molar-refractivity contribution in [3.63, 3.8) is 0 Å². The summed E-state index contributed by atoms with van der Waals surface area (Å²) in [5, 5.41) is 20.6. The van der Waals surface area contributed by atoms with Crippen LogP contribution in [0, 0.1) is 0 Å². The fourth-order valence-electron chi connectivity index (χ4n) is 3.29. The third-order valence-corrected chi connectivity index (χ3v) is 4.83. The molecule has 0 aliphatic rings. The van der Waals surface area contributed by atoms with Crippen molar-refractivity contribution in [3.05, 3.63) is 57.6 Å². The molecule has 0 fully saturated rings. The van der Waals surface area contributed by atoms with Gasteiger partial charge in [0, 0.05) is 0 Å². The highest BCUT2D eigenvalue weighted by atomic mass is 19.4. The van der Waals surface area contributed by atoms with E-state index in [1.54, 1.807) is 0 Å². The number of rotatable bonds is 5. The molecule has 4 nitrogen and oxygen atoms in total. The highest BCUT2D eigenvalue weighted by Gasteiger charge is 2.45. The van der Waals surface area contributed by atoms with Gasteiger partial charge in [-0.15, -0.1) is 0 Å². The number of ether oxygens (including phenoxy) is 2. The Bertz CT molecular complexity index is 942. The van der Waals surface area contributed by atoms with Crippen molar-refractivity contribution < 1.29 is 72.4 Å². The molecule has 0 aliphatic heterocycles. The Morgan fingerprint density at radius 3 is 0.833 bits per heavy atom. The highest BCUT2D eigenvalue weighted by molar-refractivity contribution is 5.51. The lowest BCUT2D eigenvalue weighted by Crippen LogP contribution is -2.20. The van der Waals surface area contributed by atoms with Crippen LogP contribution in [-0.4, -0.2) is 24.4 Å². The molecule has 36 heavy (non-hydrogen) atoms. The molecule has 0 aliphatic carbocycles. The Labute approximate surface area is 193 Å². The quantitative estimate of drug-likeness (QED) is 0.418. The van der Waals surface area contributed by atoms with Gasteiger partial charge in [-0.1, -0.05) is 0 Å². The maximum atomic E-state index is 13.4. The van der Waals surface area contributed by atoms with Crippen molar-refractivity contribution in [2.75, 3.05) is 14.2 Å². The number of halogens is 12. The Balaban J connectivity index is 2.79. The Hall–Kier alpha value is -2.88. The number of methoxy groups -OCH3 is 2.